The molecule has 0 saturated carbocycles. The minimum atomic E-state index is -0.587. The molecule has 1 fully saturated rings. The largest absolute Gasteiger partial charge is 0.494 e. The van der Waals surface area contributed by atoms with Gasteiger partial charge in [-0.15, -0.1) is 0 Å². The van der Waals surface area contributed by atoms with Crippen molar-refractivity contribution in [3.8, 4) is 10.9 Å². The molecule has 1 N–H and O–H groups in total. The molecule has 0 bridgehead atoms. The number of hydrogen-bond acceptors (Lipinski definition) is 7. The van der Waals surface area contributed by atoms with Gasteiger partial charge in [-0.2, -0.15) is 4.98 Å². The van der Waals surface area contributed by atoms with Gasteiger partial charge in [0.15, 0.2) is 0 Å². The number of nitrogens with zero attached hydrogens (tertiary/aromatic N) is 2. The second-order valence-corrected chi connectivity index (χ2v) is 7.75. The number of thiazole rings is 1. The molecule has 29 heavy (non-hydrogen) atoms. The fourth-order valence-electron chi connectivity index (χ4n) is 3.14. The van der Waals surface area contributed by atoms with Gasteiger partial charge in [-0.25, -0.2) is 4.79 Å². The summed E-state index contributed by atoms with van der Waals surface area (Å²) in [5.74, 6) is 0.639. The van der Waals surface area contributed by atoms with Crippen molar-refractivity contribution in [3.63, 3.8) is 0 Å². The monoisotopic (exact) mass is 433 g/mol. The summed E-state index contributed by atoms with van der Waals surface area (Å²) in [4.78, 5) is 19.0. The molecule has 0 aliphatic carbocycles. The average Bonchev–Trinajstić information content (AvgIpc) is 3.16. The van der Waals surface area contributed by atoms with Crippen LogP contribution in [0, 0.1) is 0 Å². The number of rotatable bonds is 5. The fraction of sp³-hybridized carbons (Fsp3) is 0.300. The summed E-state index contributed by atoms with van der Waals surface area (Å²) < 4.78 is 17.2. The number of amides is 1. The highest BCUT2D eigenvalue weighted by atomic mass is 35.5. The van der Waals surface area contributed by atoms with Gasteiger partial charge in [0.05, 0.1) is 30.7 Å². The Morgan fingerprint density at radius 3 is 2.83 bits per heavy atom. The Labute approximate surface area is 177 Å². The van der Waals surface area contributed by atoms with Gasteiger partial charge in [-0.3, -0.25) is 0 Å². The van der Waals surface area contributed by atoms with Crippen molar-refractivity contribution in [1.29, 1.82) is 0 Å². The topological polar surface area (TPSA) is 72.9 Å². The molecule has 7 nitrogen and oxygen atoms in total. The number of anilines is 1. The first-order valence-electron chi connectivity index (χ1n) is 9.15. The van der Waals surface area contributed by atoms with E-state index in [-0.39, 0.29) is 11.7 Å². The number of fused-ring (bicyclic) bond motifs is 1. The number of hydrogen-bond donors (Lipinski definition) is 1. The molecule has 0 radical (unpaired) electrons. The zero-order chi connectivity index (χ0) is 20.2. The third-order valence-corrected chi connectivity index (χ3v) is 5.92. The van der Waals surface area contributed by atoms with Gasteiger partial charge in [0.2, 0.25) is 0 Å². The van der Waals surface area contributed by atoms with E-state index >= 15 is 0 Å². The molecule has 9 heteroatoms. The van der Waals surface area contributed by atoms with Crippen LogP contribution in [0.1, 0.15) is 5.56 Å². The van der Waals surface area contributed by atoms with E-state index in [9.17, 15) is 4.79 Å². The molecule has 1 aliphatic rings. The Kier molecular flexibility index (Phi) is 6.03. The van der Waals surface area contributed by atoms with E-state index in [4.69, 9.17) is 25.8 Å². The lowest BCUT2D eigenvalue weighted by molar-refractivity contribution is 0.123. The molecule has 1 aromatic heterocycles. The first-order chi connectivity index (χ1) is 14.2. The standard InChI is InChI=1S/C20H20ClN3O4S/c1-26-16-7-6-15(24-8-10-27-11-9-24)18-17(16)23-20(29-18)28-19(25)22-12-13-4-2-3-5-14(13)21/h2-7H,8-12H2,1H3,(H,22,25). The van der Waals surface area contributed by atoms with Crippen LogP contribution in [0.5, 0.6) is 10.9 Å². The Bertz CT molecular complexity index is 1020. The molecule has 4 rings (SSSR count). The Hall–Kier alpha value is -2.55. The zero-order valence-electron chi connectivity index (χ0n) is 15.8. The summed E-state index contributed by atoms with van der Waals surface area (Å²) in [6.07, 6.45) is -0.587. The smallest absolute Gasteiger partial charge is 0.414 e. The second kappa shape index (κ2) is 8.86. The highest BCUT2D eigenvalue weighted by Gasteiger charge is 2.20. The summed E-state index contributed by atoms with van der Waals surface area (Å²) in [6, 6.07) is 11.2. The Balaban J connectivity index is 1.53. The predicted octanol–water partition coefficient (Wildman–Crippen LogP) is 4.08. The van der Waals surface area contributed by atoms with E-state index in [2.05, 4.69) is 15.2 Å². The number of carbonyl (C=O) groups is 1. The number of methoxy groups -OCH3 is 1. The van der Waals surface area contributed by atoms with Crippen LogP contribution < -0.4 is 19.7 Å². The van der Waals surface area contributed by atoms with E-state index in [1.54, 1.807) is 13.2 Å². The summed E-state index contributed by atoms with van der Waals surface area (Å²) in [6.45, 7) is 3.23. The van der Waals surface area contributed by atoms with Crippen LogP contribution in [0.25, 0.3) is 10.2 Å². The maximum atomic E-state index is 12.2. The molecule has 0 atom stereocenters. The van der Waals surface area contributed by atoms with Crippen molar-refractivity contribution in [2.45, 2.75) is 6.54 Å². The van der Waals surface area contributed by atoms with E-state index in [0.29, 0.717) is 29.5 Å². The minimum absolute atomic E-state index is 0.260. The quantitative estimate of drug-likeness (QED) is 0.653. The second-order valence-electron chi connectivity index (χ2n) is 6.38. The lowest BCUT2D eigenvalue weighted by atomic mass is 10.2. The van der Waals surface area contributed by atoms with Gasteiger partial charge in [0.25, 0.3) is 5.19 Å². The van der Waals surface area contributed by atoms with Crippen LogP contribution in [0.3, 0.4) is 0 Å². The van der Waals surface area contributed by atoms with Crippen molar-refractivity contribution < 1.29 is 19.0 Å². The summed E-state index contributed by atoms with van der Waals surface area (Å²) in [5, 5.41) is 3.55. The van der Waals surface area contributed by atoms with Gasteiger partial charge in [-0.1, -0.05) is 41.1 Å². The summed E-state index contributed by atoms with van der Waals surface area (Å²) >= 11 is 7.43. The third-order valence-electron chi connectivity index (χ3n) is 4.60. The van der Waals surface area contributed by atoms with Gasteiger partial charge in [0, 0.05) is 24.7 Å². The highest BCUT2D eigenvalue weighted by Crippen LogP contribution is 2.40. The number of aromatic nitrogens is 1. The van der Waals surface area contributed by atoms with Gasteiger partial charge in [0.1, 0.15) is 11.3 Å². The maximum absolute atomic E-state index is 12.2. The summed E-state index contributed by atoms with van der Waals surface area (Å²) in [5.41, 5.74) is 2.52. The average molecular weight is 434 g/mol. The van der Waals surface area contributed by atoms with Crippen LogP contribution in [-0.4, -0.2) is 44.5 Å². The molecule has 0 spiro atoms. The highest BCUT2D eigenvalue weighted by molar-refractivity contribution is 7.21. The van der Waals surface area contributed by atoms with Crippen LogP contribution in [0.4, 0.5) is 10.5 Å². The van der Waals surface area contributed by atoms with E-state index in [1.807, 2.05) is 30.3 Å². The molecule has 2 aromatic carbocycles. The van der Waals surface area contributed by atoms with Crippen LogP contribution in [-0.2, 0) is 11.3 Å². The summed E-state index contributed by atoms with van der Waals surface area (Å²) in [7, 11) is 1.60. The maximum Gasteiger partial charge on any atom is 0.414 e. The lowest BCUT2D eigenvalue weighted by Gasteiger charge is -2.29. The van der Waals surface area contributed by atoms with Crippen LogP contribution in [0.15, 0.2) is 36.4 Å². The molecule has 1 amide bonds. The fourth-order valence-corrected chi connectivity index (χ4v) is 4.31. The number of nitrogens with one attached hydrogen (secondary N) is 1. The van der Waals surface area contributed by atoms with Crippen LogP contribution in [0.2, 0.25) is 5.02 Å². The van der Waals surface area contributed by atoms with Crippen LogP contribution >= 0.6 is 22.9 Å². The number of carbonyl (C=O) groups excluding carboxylic acids is 1. The number of morpholine rings is 1. The predicted molar refractivity (Wildman–Crippen MR) is 114 cm³/mol. The van der Waals surface area contributed by atoms with Gasteiger partial charge < -0.3 is 24.4 Å². The number of benzene rings is 2. The van der Waals surface area contributed by atoms with E-state index in [0.717, 1.165) is 29.0 Å². The molecule has 3 aromatic rings. The van der Waals surface area contributed by atoms with Crippen molar-refractivity contribution in [1.82, 2.24) is 10.3 Å². The van der Waals surface area contributed by atoms with Crippen molar-refractivity contribution in [2.24, 2.45) is 0 Å². The molecular weight excluding hydrogens is 414 g/mol. The molecule has 1 saturated heterocycles. The van der Waals surface area contributed by atoms with Gasteiger partial charge in [-0.05, 0) is 23.8 Å². The van der Waals surface area contributed by atoms with Crippen molar-refractivity contribution in [3.05, 3.63) is 47.0 Å². The Morgan fingerprint density at radius 2 is 2.07 bits per heavy atom. The minimum Gasteiger partial charge on any atom is -0.494 e. The van der Waals surface area contributed by atoms with Crippen molar-refractivity contribution in [2.75, 3.05) is 38.3 Å². The molecule has 0 unspecified atom stereocenters. The molecule has 2 heterocycles. The molecule has 1 aliphatic heterocycles. The first kappa shape index (κ1) is 19.8. The molecule has 152 valence electrons. The normalized spacial score (nSPS) is 14.1. The Morgan fingerprint density at radius 1 is 1.28 bits per heavy atom. The lowest BCUT2D eigenvalue weighted by Crippen LogP contribution is -2.36. The number of halogens is 1. The van der Waals surface area contributed by atoms with Gasteiger partial charge >= 0.3 is 6.09 Å². The third kappa shape index (κ3) is 4.39. The molecular formula is C20H20ClN3O4S. The first-order valence-corrected chi connectivity index (χ1v) is 10.3. The van der Waals surface area contributed by atoms with E-state index < -0.39 is 6.09 Å². The SMILES string of the molecule is COc1ccc(N2CCOCC2)c2sc(OC(=O)NCc3ccccc3Cl)nc12. The van der Waals surface area contributed by atoms with E-state index in [1.165, 1.54) is 11.3 Å². The number of ether oxygens (including phenoxy) is 3. The zero-order valence-corrected chi connectivity index (χ0v) is 17.4. The van der Waals surface area contributed by atoms with Crippen molar-refractivity contribution >= 4 is 44.9 Å².